The minimum atomic E-state index is -0.158. The zero-order chi connectivity index (χ0) is 13.8. The molecule has 0 unspecified atom stereocenters. The average Bonchev–Trinajstić information content (AvgIpc) is 2.74. The lowest BCUT2D eigenvalue weighted by Crippen LogP contribution is -2.22. The molecule has 0 aliphatic heterocycles. The molecule has 0 spiro atoms. The molecule has 0 bridgehead atoms. The molecule has 0 amide bonds. The minimum absolute atomic E-state index is 0.158. The zero-order valence-corrected chi connectivity index (χ0v) is 11.5. The van der Waals surface area contributed by atoms with Crippen molar-refractivity contribution in [2.45, 2.75) is 20.4 Å². The molecule has 6 nitrogen and oxygen atoms in total. The highest BCUT2D eigenvalue weighted by Gasteiger charge is 2.08. The number of H-pyrrole nitrogens is 1. The molecule has 2 heterocycles. The maximum Gasteiger partial charge on any atom is 0.251 e. The van der Waals surface area contributed by atoms with Crippen LogP contribution in [0.2, 0.25) is 0 Å². The van der Waals surface area contributed by atoms with Crippen LogP contribution in [0.3, 0.4) is 0 Å². The monoisotopic (exact) mass is 261 g/mol. The van der Waals surface area contributed by atoms with Crippen molar-refractivity contribution in [3.05, 3.63) is 34.5 Å². The lowest BCUT2D eigenvalue weighted by molar-refractivity contribution is 0.547. The van der Waals surface area contributed by atoms with E-state index in [0.29, 0.717) is 24.1 Å². The van der Waals surface area contributed by atoms with Crippen molar-refractivity contribution in [1.82, 2.24) is 24.8 Å². The van der Waals surface area contributed by atoms with Crippen LogP contribution in [0, 0.1) is 5.92 Å². The molecule has 2 aromatic rings. The van der Waals surface area contributed by atoms with Crippen molar-refractivity contribution in [3.63, 3.8) is 0 Å². The molecule has 0 radical (unpaired) electrons. The van der Waals surface area contributed by atoms with Gasteiger partial charge in [-0.25, -0.2) is 9.97 Å². The second-order valence-electron chi connectivity index (χ2n) is 4.97. The van der Waals surface area contributed by atoms with E-state index in [1.165, 1.54) is 6.07 Å². The smallest absolute Gasteiger partial charge is 0.251 e. The number of hydrogen-bond donors (Lipinski definition) is 2. The summed E-state index contributed by atoms with van der Waals surface area (Å²) in [4.78, 5) is 23.0. The van der Waals surface area contributed by atoms with E-state index in [1.807, 2.05) is 17.8 Å². The Morgan fingerprint density at radius 2 is 2.26 bits per heavy atom. The number of nitrogens with one attached hydrogen (secondary N) is 2. The van der Waals surface area contributed by atoms with Crippen molar-refractivity contribution in [2.24, 2.45) is 13.0 Å². The average molecular weight is 261 g/mol. The third-order valence-electron chi connectivity index (χ3n) is 2.69. The Morgan fingerprint density at radius 1 is 1.47 bits per heavy atom. The van der Waals surface area contributed by atoms with E-state index in [9.17, 15) is 4.79 Å². The number of aromatic amines is 1. The van der Waals surface area contributed by atoms with Crippen molar-refractivity contribution in [2.75, 3.05) is 6.54 Å². The molecule has 0 fully saturated rings. The predicted octanol–water partition coefficient (Wildman–Crippen LogP) is 0.916. The van der Waals surface area contributed by atoms with Gasteiger partial charge in [-0.05, 0) is 12.5 Å². The summed E-state index contributed by atoms with van der Waals surface area (Å²) < 4.78 is 1.82. The van der Waals surface area contributed by atoms with E-state index in [0.717, 1.165) is 12.2 Å². The van der Waals surface area contributed by atoms with Crippen LogP contribution < -0.4 is 10.9 Å². The molecule has 0 aliphatic rings. The molecule has 0 atom stereocenters. The summed E-state index contributed by atoms with van der Waals surface area (Å²) in [5.41, 5.74) is 0.566. The van der Waals surface area contributed by atoms with Gasteiger partial charge in [0.05, 0.1) is 5.69 Å². The van der Waals surface area contributed by atoms with Crippen LogP contribution in [0.1, 0.15) is 19.5 Å². The molecule has 2 rings (SSSR count). The third-order valence-corrected chi connectivity index (χ3v) is 2.69. The van der Waals surface area contributed by atoms with Crippen molar-refractivity contribution >= 4 is 0 Å². The standard InChI is InChI=1S/C13H19N5O/c1-9(2)7-14-8-10-6-11(19)17-12(16-10)13-15-4-5-18(13)3/h4-6,9,14H,7-8H2,1-3H3,(H,16,17,19). The van der Waals surface area contributed by atoms with Crippen LogP contribution in [0.4, 0.5) is 0 Å². The molecule has 0 aliphatic carbocycles. The maximum atomic E-state index is 11.7. The predicted molar refractivity (Wildman–Crippen MR) is 73.6 cm³/mol. The van der Waals surface area contributed by atoms with Gasteiger partial charge in [0.2, 0.25) is 0 Å². The first kappa shape index (κ1) is 13.5. The summed E-state index contributed by atoms with van der Waals surface area (Å²) in [5, 5.41) is 3.27. The highest BCUT2D eigenvalue weighted by molar-refractivity contribution is 5.43. The largest absolute Gasteiger partial charge is 0.331 e. The van der Waals surface area contributed by atoms with Gasteiger partial charge in [0.1, 0.15) is 0 Å². The van der Waals surface area contributed by atoms with Crippen LogP contribution in [0.15, 0.2) is 23.3 Å². The van der Waals surface area contributed by atoms with Gasteiger partial charge in [0.15, 0.2) is 11.6 Å². The van der Waals surface area contributed by atoms with Gasteiger partial charge < -0.3 is 14.9 Å². The van der Waals surface area contributed by atoms with Crippen LogP contribution >= 0.6 is 0 Å². The molecule has 6 heteroatoms. The van der Waals surface area contributed by atoms with Crippen LogP contribution in [-0.4, -0.2) is 26.1 Å². The first-order valence-corrected chi connectivity index (χ1v) is 6.35. The number of aryl methyl sites for hydroxylation is 1. The first-order valence-electron chi connectivity index (χ1n) is 6.35. The van der Waals surface area contributed by atoms with E-state index in [2.05, 4.69) is 34.1 Å². The summed E-state index contributed by atoms with van der Waals surface area (Å²) in [7, 11) is 1.87. The molecule has 2 aromatic heterocycles. The SMILES string of the molecule is CC(C)CNCc1cc(=O)[nH]c(-c2nccn2C)n1. The third kappa shape index (κ3) is 3.51. The van der Waals surface area contributed by atoms with E-state index in [4.69, 9.17) is 0 Å². The number of hydrogen-bond acceptors (Lipinski definition) is 4. The molecular weight excluding hydrogens is 242 g/mol. The number of nitrogens with zero attached hydrogens (tertiary/aromatic N) is 3. The number of imidazole rings is 1. The zero-order valence-electron chi connectivity index (χ0n) is 11.5. The maximum absolute atomic E-state index is 11.7. The highest BCUT2D eigenvalue weighted by atomic mass is 16.1. The summed E-state index contributed by atoms with van der Waals surface area (Å²) in [6.07, 6.45) is 3.50. The Balaban J connectivity index is 2.21. The Kier molecular flexibility index (Phi) is 4.11. The van der Waals surface area contributed by atoms with Crippen LogP contribution in [-0.2, 0) is 13.6 Å². The van der Waals surface area contributed by atoms with E-state index in [-0.39, 0.29) is 5.56 Å². The van der Waals surface area contributed by atoms with Crippen molar-refractivity contribution in [3.8, 4) is 11.6 Å². The van der Waals surface area contributed by atoms with Gasteiger partial charge in [-0.2, -0.15) is 0 Å². The number of aromatic nitrogens is 4. The Morgan fingerprint density at radius 3 is 2.89 bits per heavy atom. The Hall–Kier alpha value is -1.95. The lowest BCUT2D eigenvalue weighted by atomic mass is 10.2. The van der Waals surface area contributed by atoms with E-state index >= 15 is 0 Å². The summed E-state index contributed by atoms with van der Waals surface area (Å²) in [5.74, 6) is 1.72. The van der Waals surface area contributed by atoms with Gasteiger partial charge >= 0.3 is 0 Å². The molecular formula is C13H19N5O. The topological polar surface area (TPSA) is 75.6 Å². The first-order chi connectivity index (χ1) is 9.06. The van der Waals surface area contributed by atoms with Gasteiger partial charge in [-0.15, -0.1) is 0 Å². The normalized spacial score (nSPS) is 11.2. The van der Waals surface area contributed by atoms with Gasteiger partial charge in [-0.3, -0.25) is 4.79 Å². The molecule has 0 saturated carbocycles. The van der Waals surface area contributed by atoms with Crippen molar-refractivity contribution < 1.29 is 0 Å². The van der Waals surface area contributed by atoms with E-state index < -0.39 is 0 Å². The summed E-state index contributed by atoms with van der Waals surface area (Å²) in [6.45, 7) is 5.75. The molecule has 0 saturated heterocycles. The molecule has 2 N–H and O–H groups in total. The van der Waals surface area contributed by atoms with Crippen LogP contribution in [0.5, 0.6) is 0 Å². The molecule has 19 heavy (non-hydrogen) atoms. The molecule has 0 aromatic carbocycles. The Labute approximate surface area is 111 Å². The second-order valence-corrected chi connectivity index (χ2v) is 4.97. The van der Waals surface area contributed by atoms with Crippen molar-refractivity contribution in [1.29, 1.82) is 0 Å². The lowest BCUT2D eigenvalue weighted by Gasteiger charge is -2.08. The van der Waals surface area contributed by atoms with Crippen LogP contribution in [0.25, 0.3) is 11.6 Å². The van der Waals surface area contributed by atoms with Gasteiger partial charge in [-0.1, -0.05) is 13.8 Å². The summed E-state index contributed by atoms with van der Waals surface area (Å²) >= 11 is 0. The Bertz CT molecular complexity index is 599. The summed E-state index contributed by atoms with van der Waals surface area (Å²) in [6, 6.07) is 1.51. The second kappa shape index (κ2) is 5.79. The number of rotatable bonds is 5. The fourth-order valence-corrected chi connectivity index (χ4v) is 1.79. The fraction of sp³-hybridized carbons (Fsp3) is 0.462. The quantitative estimate of drug-likeness (QED) is 0.839. The van der Waals surface area contributed by atoms with Gasteiger partial charge in [0, 0.05) is 32.1 Å². The van der Waals surface area contributed by atoms with Gasteiger partial charge in [0.25, 0.3) is 5.56 Å². The minimum Gasteiger partial charge on any atom is -0.331 e. The highest BCUT2D eigenvalue weighted by Crippen LogP contribution is 2.09. The molecule has 102 valence electrons. The fourth-order valence-electron chi connectivity index (χ4n) is 1.79. The van der Waals surface area contributed by atoms with E-state index in [1.54, 1.807) is 6.20 Å².